The molecule has 98 valence electrons. The van der Waals surface area contributed by atoms with Gasteiger partial charge in [0.25, 0.3) is 0 Å². The zero-order valence-electron chi connectivity index (χ0n) is 10.2. The van der Waals surface area contributed by atoms with Crippen LogP contribution < -0.4 is 0 Å². The van der Waals surface area contributed by atoms with E-state index in [2.05, 4.69) is 16.8 Å². The molecule has 0 aromatic heterocycles. The Morgan fingerprint density at radius 1 is 1.29 bits per heavy atom. The first-order valence-electron chi connectivity index (χ1n) is 6.02. The Kier molecular flexibility index (Phi) is 4.33. The Balaban J connectivity index is 1.79. The lowest BCUT2D eigenvalue weighted by molar-refractivity contribution is -0.157. The molecule has 0 spiro atoms. The van der Waals surface area contributed by atoms with Gasteiger partial charge in [0.05, 0.1) is 19.3 Å². The zero-order chi connectivity index (χ0) is 12.3. The highest BCUT2D eigenvalue weighted by Gasteiger charge is 2.28. The minimum absolute atomic E-state index is 0.182. The highest BCUT2D eigenvalue weighted by atomic mass is 16.5. The fourth-order valence-corrected chi connectivity index (χ4v) is 2.28. The SMILES string of the molecule is CN1CCOC(CN2CCOC(C(=O)O)C2)C1. The zero-order valence-corrected chi connectivity index (χ0v) is 10.2. The van der Waals surface area contributed by atoms with E-state index in [4.69, 9.17) is 14.6 Å². The lowest BCUT2D eigenvalue weighted by atomic mass is 10.2. The van der Waals surface area contributed by atoms with Crippen LogP contribution in [-0.2, 0) is 14.3 Å². The molecule has 0 amide bonds. The lowest BCUT2D eigenvalue weighted by Gasteiger charge is -2.36. The van der Waals surface area contributed by atoms with E-state index in [9.17, 15) is 4.79 Å². The Morgan fingerprint density at radius 3 is 2.76 bits per heavy atom. The number of morpholine rings is 2. The van der Waals surface area contributed by atoms with Gasteiger partial charge < -0.3 is 19.5 Å². The van der Waals surface area contributed by atoms with Crippen LogP contribution in [0.3, 0.4) is 0 Å². The summed E-state index contributed by atoms with van der Waals surface area (Å²) in [7, 11) is 2.08. The normalized spacial score (nSPS) is 32.5. The van der Waals surface area contributed by atoms with Gasteiger partial charge >= 0.3 is 5.97 Å². The number of hydrogen-bond donors (Lipinski definition) is 1. The summed E-state index contributed by atoms with van der Waals surface area (Å²) in [4.78, 5) is 15.2. The van der Waals surface area contributed by atoms with Gasteiger partial charge in [-0.25, -0.2) is 4.79 Å². The summed E-state index contributed by atoms with van der Waals surface area (Å²) in [5, 5.41) is 8.91. The van der Waals surface area contributed by atoms with Crippen LogP contribution >= 0.6 is 0 Å². The summed E-state index contributed by atoms with van der Waals surface area (Å²) in [5.74, 6) is -0.878. The summed E-state index contributed by atoms with van der Waals surface area (Å²) in [6.07, 6.45) is -0.508. The number of carboxylic acids is 1. The molecule has 2 rings (SSSR count). The van der Waals surface area contributed by atoms with Crippen molar-refractivity contribution in [1.82, 2.24) is 9.80 Å². The van der Waals surface area contributed by atoms with Crippen LogP contribution in [0.2, 0.25) is 0 Å². The van der Waals surface area contributed by atoms with Crippen molar-refractivity contribution in [2.24, 2.45) is 0 Å². The van der Waals surface area contributed by atoms with Crippen molar-refractivity contribution in [3.63, 3.8) is 0 Å². The second kappa shape index (κ2) is 5.77. The molecular formula is C11H20N2O4. The Bertz CT molecular complexity index is 274. The smallest absolute Gasteiger partial charge is 0.334 e. The maximum atomic E-state index is 10.9. The molecule has 0 aliphatic carbocycles. The summed E-state index contributed by atoms with van der Waals surface area (Å²) in [6, 6.07) is 0. The molecule has 2 saturated heterocycles. The van der Waals surface area contributed by atoms with Gasteiger partial charge in [0.2, 0.25) is 0 Å². The fraction of sp³-hybridized carbons (Fsp3) is 0.909. The highest BCUT2D eigenvalue weighted by molar-refractivity contribution is 5.72. The van der Waals surface area contributed by atoms with E-state index in [1.165, 1.54) is 0 Å². The molecule has 2 aliphatic heterocycles. The van der Waals surface area contributed by atoms with Crippen LogP contribution in [0.4, 0.5) is 0 Å². The topological polar surface area (TPSA) is 62.2 Å². The first-order valence-corrected chi connectivity index (χ1v) is 6.02. The van der Waals surface area contributed by atoms with E-state index >= 15 is 0 Å². The molecule has 2 fully saturated rings. The number of hydrogen-bond acceptors (Lipinski definition) is 5. The summed E-state index contributed by atoms with van der Waals surface area (Å²) in [5.41, 5.74) is 0. The molecule has 0 radical (unpaired) electrons. The van der Waals surface area contributed by atoms with Gasteiger partial charge in [-0.2, -0.15) is 0 Å². The molecule has 6 heteroatoms. The van der Waals surface area contributed by atoms with Gasteiger partial charge in [0, 0.05) is 32.7 Å². The predicted octanol–water partition coefficient (Wildman–Crippen LogP) is -0.898. The van der Waals surface area contributed by atoms with Crippen molar-refractivity contribution in [1.29, 1.82) is 0 Å². The number of carboxylic acid groups (broad SMARTS) is 1. The molecule has 2 atom stereocenters. The monoisotopic (exact) mass is 244 g/mol. The Morgan fingerprint density at radius 2 is 2.06 bits per heavy atom. The second-order valence-electron chi connectivity index (χ2n) is 4.71. The predicted molar refractivity (Wildman–Crippen MR) is 61.1 cm³/mol. The van der Waals surface area contributed by atoms with Crippen molar-refractivity contribution >= 4 is 5.97 Å². The molecule has 0 aromatic rings. The molecule has 1 N–H and O–H groups in total. The van der Waals surface area contributed by atoms with E-state index < -0.39 is 12.1 Å². The first kappa shape index (κ1) is 12.8. The van der Waals surface area contributed by atoms with E-state index in [0.29, 0.717) is 13.2 Å². The number of aliphatic carboxylic acids is 1. The van der Waals surface area contributed by atoms with Crippen molar-refractivity contribution in [2.75, 3.05) is 53.0 Å². The van der Waals surface area contributed by atoms with Crippen molar-refractivity contribution in [2.45, 2.75) is 12.2 Å². The van der Waals surface area contributed by atoms with Crippen molar-refractivity contribution < 1.29 is 19.4 Å². The van der Waals surface area contributed by atoms with Crippen LogP contribution in [0.15, 0.2) is 0 Å². The van der Waals surface area contributed by atoms with E-state index in [-0.39, 0.29) is 6.10 Å². The van der Waals surface area contributed by atoms with Crippen LogP contribution in [0, 0.1) is 0 Å². The van der Waals surface area contributed by atoms with Crippen molar-refractivity contribution in [3.8, 4) is 0 Å². The van der Waals surface area contributed by atoms with Gasteiger partial charge in [-0.05, 0) is 7.05 Å². The molecule has 0 bridgehead atoms. The van der Waals surface area contributed by atoms with Gasteiger partial charge in [0.1, 0.15) is 0 Å². The van der Waals surface area contributed by atoms with Crippen LogP contribution in [-0.4, -0.2) is 86.1 Å². The van der Waals surface area contributed by atoms with Crippen molar-refractivity contribution in [3.05, 3.63) is 0 Å². The van der Waals surface area contributed by atoms with Gasteiger partial charge in [-0.1, -0.05) is 0 Å². The van der Waals surface area contributed by atoms with E-state index in [1.54, 1.807) is 0 Å². The third-order valence-corrected chi connectivity index (χ3v) is 3.23. The van der Waals surface area contributed by atoms with Gasteiger partial charge in [-0.3, -0.25) is 4.90 Å². The molecule has 0 saturated carbocycles. The Hall–Kier alpha value is -0.690. The third kappa shape index (κ3) is 3.64. The van der Waals surface area contributed by atoms with Crippen LogP contribution in [0.25, 0.3) is 0 Å². The lowest BCUT2D eigenvalue weighted by Crippen LogP contribution is -2.52. The largest absolute Gasteiger partial charge is 0.479 e. The summed E-state index contributed by atoms with van der Waals surface area (Å²) in [6.45, 7) is 5.16. The van der Waals surface area contributed by atoms with Gasteiger partial charge in [-0.15, -0.1) is 0 Å². The molecule has 0 aromatic carbocycles. The van der Waals surface area contributed by atoms with E-state index in [0.717, 1.165) is 32.8 Å². The average molecular weight is 244 g/mol. The molecule has 2 unspecified atom stereocenters. The maximum absolute atomic E-state index is 10.9. The average Bonchev–Trinajstić information content (AvgIpc) is 2.29. The minimum atomic E-state index is -0.878. The fourth-order valence-electron chi connectivity index (χ4n) is 2.28. The Labute approximate surface area is 101 Å². The first-order chi connectivity index (χ1) is 8.15. The number of carbonyl (C=O) groups is 1. The van der Waals surface area contributed by atoms with Gasteiger partial charge in [0.15, 0.2) is 6.10 Å². The van der Waals surface area contributed by atoms with Crippen LogP contribution in [0.1, 0.15) is 0 Å². The second-order valence-corrected chi connectivity index (χ2v) is 4.71. The molecule has 6 nitrogen and oxygen atoms in total. The summed E-state index contributed by atoms with van der Waals surface area (Å²) < 4.78 is 10.9. The van der Waals surface area contributed by atoms with E-state index in [1.807, 2.05) is 0 Å². The van der Waals surface area contributed by atoms with Crippen LogP contribution in [0.5, 0.6) is 0 Å². The maximum Gasteiger partial charge on any atom is 0.334 e. The number of likely N-dealkylation sites (N-methyl/N-ethyl adjacent to an activating group) is 1. The molecule has 2 aliphatic rings. The number of nitrogens with zero attached hydrogens (tertiary/aromatic N) is 2. The quantitative estimate of drug-likeness (QED) is 0.694. The minimum Gasteiger partial charge on any atom is -0.479 e. The standard InChI is InChI=1S/C11H20N2O4/c1-12-2-4-16-9(6-12)7-13-3-5-17-10(8-13)11(14)15/h9-10H,2-8H2,1H3,(H,14,15). The third-order valence-electron chi connectivity index (χ3n) is 3.23. The number of rotatable bonds is 3. The molecule has 2 heterocycles. The summed E-state index contributed by atoms with van der Waals surface area (Å²) >= 11 is 0. The molecule has 17 heavy (non-hydrogen) atoms. The number of ether oxygens (including phenoxy) is 2. The molecular weight excluding hydrogens is 224 g/mol. The highest BCUT2D eigenvalue weighted by Crippen LogP contribution is 2.10.